The summed E-state index contributed by atoms with van der Waals surface area (Å²) in [4.78, 5) is 17.4. The molecule has 0 aromatic heterocycles. The molecule has 4 nitrogen and oxygen atoms in total. The highest BCUT2D eigenvalue weighted by Crippen LogP contribution is 2.17. The van der Waals surface area contributed by atoms with E-state index in [0.717, 1.165) is 32.7 Å². The Bertz CT molecular complexity index is 739. The van der Waals surface area contributed by atoms with Crippen LogP contribution in [0.25, 0.3) is 0 Å². The van der Waals surface area contributed by atoms with Crippen LogP contribution in [-0.4, -0.2) is 47.9 Å². The molecule has 1 amide bonds. The summed E-state index contributed by atoms with van der Waals surface area (Å²) in [5.74, 6) is 0.118. The van der Waals surface area contributed by atoms with Gasteiger partial charge in [-0.15, -0.1) is 0 Å². The first-order valence-corrected chi connectivity index (χ1v) is 10.2. The molecule has 0 bridgehead atoms. The number of carbonyl (C=O) groups excluding carboxylic acids is 1. The van der Waals surface area contributed by atoms with Crippen molar-refractivity contribution in [3.05, 3.63) is 71.8 Å². The molecule has 1 aliphatic heterocycles. The monoisotopic (exact) mass is 379 g/mol. The molecule has 1 fully saturated rings. The number of carbonyl (C=O) groups is 1. The SMILES string of the molecule is CC(C)(C)C(=O)NCC1CN(Cc2ccccc2)CCN1Cc1ccccc1. The Hall–Kier alpha value is -2.17. The van der Waals surface area contributed by atoms with Gasteiger partial charge in [0.05, 0.1) is 0 Å². The second kappa shape index (κ2) is 9.35. The van der Waals surface area contributed by atoms with E-state index in [0.29, 0.717) is 12.6 Å². The van der Waals surface area contributed by atoms with Crippen LogP contribution in [0.2, 0.25) is 0 Å². The van der Waals surface area contributed by atoms with Crippen molar-refractivity contribution >= 4 is 5.91 Å². The third-order valence-corrected chi connectivity index (χ3v) is 5.35. The van der Waals surface area contributed by atoms with E-state index in [9.17, 15) is 4.79 Å². The highest BCUT2D eigenvalue weighted by molar-refractivity contribution is 5.81. The first-order valence-electron chi connectivity index (χ1n) is 10.2. The van der Waals surface area contributed by atoms with E-state index in [4.69, 9.17) is 0 Å². The van der Waals surface area contributed by atoms with Crippen LogP contribution < -0.4 is 5.32 Å². The van der Waals surface area contributed by atoms with Crippen molar-refractivity contribution in [3.63, 3.8) is 0 Å². The number of rotatable bonds is 6. The molecule has 1 unspecified atom stereocenters. The molecule has 0 aliphatic carbocycles. The summed E-state index contributed by atoms with van der Waals surface area (Å²) in [6, 6.07) is 21.6. The van der Waals surface area contributed by atoms with Gasteiger partial charge >= 0.3 is 0 Å². The van der Waals surface area contributed by atoms with E-state index in [1.165, 1.54) is 11.1 Å². The van der Waals surface area contributed by atoms with Crippen LogP contribution in [0.3, 0.4) is 0 Å². The minimum Gasteiger partial charge on any atom is -0.354 e. The van der Waals surface area contributed by atoms with Crippen LogP contribution in [0, 0.1) is 5.41 Å². The summed E-state index contributed by atoms with van der Waals surface area (Å²) in [6.07, 6.45) is 0. The van der Waals surface area contributed by atoms with Gasteiger partial charge in [0, 0.05) is 50.7 Å². The van der Waals surface area contributed by atoms with Gasteiger partial charge in [0.1, 0.15) is 0 Å². The highest BCUT2D eigenvalue weighted by atomic mass is 16.2. The molecule has 150 valence electrons. The van der Waals surface area contributed by atoms with Crippen LogP contribution in [-0.2, 0) is 17.9 Å². The van der Waals surface area contributed by atoms with Gasteiger partial charge in [-0.3, -0.25) is 14.6 Å². The van der Waals surface area contributed by atoms with Crippen molar-refractivity contribution in [2.45, 2.75) is 39.9 Å². The number of nitrogens with one attached hydrogen (secondary N) is 1. The van der Waals surface area contributed by atoms with Crippen LogP contribution in [0.1, 0.15) is 31.9 Å². The molecule has 0 saturated carbocycles. The number of nitrogens with zero attached hydrogens (tertiary/aromatic N) is 2. The maximum absolute atomic E-state index is 12.4. The number of piperazine rings is 1. The van der Waals surface area contributed by atoms with Crippen molar-refractivity contribution in [2.75, 3.05) is 26.2 Å². The lowest BCUT2D eigenvalue weighted by molar-refractivity contribution is -0.128. The predicted molar refractivity (Wildman–Crippen MR) is 115 cm³/mol. The van der Waals surface area contributed by atoms with Crippen LogP contribution >= 0.6 is 0 Å². The lowest BCUT2D eigenvalue weighted by Crippen LogP contribution is -2.56. The fraction of sp³-hybridized carbons (Fsp3) is 0.458. The summed E-state index contributed by atoms with van der Waals surface area (Å²) in [6.45, 7) is 11.5. The Morgan fingerprint density at radius 2 is 1.50 bits per heavy atom. The minimum atomic E-state index is -0.358. The van der Waals surface area contributed by atoms with Gasteiger partial charge in [-0.25, -0.2) is 0 Å². The van der Waals surface area contributed by atoms with E-state index < -0.39 is 0 Å². The van der Waals surface area contributed by atoms with Crippen molar-refractivity contribution < 1.29 is 4.79 Å². The zero-order valence-corrected chi connectivity index (χ0v) is 17.4. The van der Waals surface area contributed by atoms with Gasteiger partial charge in [-0.05, 0) is 11.1 Å². The maximum Gasteiger partial charge on any atom is 0.225 e. The third-order valence-electron chi connectivity index (χ3n) is 5.35. The molecule has 28 heavy (non-hydrogen) atoms. The number of hydrogen-bond acceptors (Lipinski definition) is 3. The normalized spacial score (nSPS) is 18.8. The number of benzene rings is 2. The van der Waals surface area contributed by atoms with Gasteiger partial charge in [-0.1, -0.05) is 81.4 Å². The lowest BCUT2D eigenvalue weighted by atomic mass is 9.95. The molecule has 2 aromatic carbocycles. The standard InChI is InChI=1S/C24H33N3O/c1-24(2,3)23(28)25-16-22-19-26(17-20-10-6-4-7-11-20)14-15-27(22)18-21-12-8-5-9-13-21/h4-13,22H,14-19H2,1-3H3,(H,25,28). The zero-order valence-electron chi connectivity index (χ0n) is 17.4. The Morgan fingerprint density at radius 1 is 0.929 bits per heavy atom. The fourth-order valence-electron chi connectivity index (χ4n) is 3.64. The smallest absolute Gasteiger partial charge is 0.225 e. The Kier molecular flexibility index (Phi) is 6.87. The van der Waals surface area contributed by atoms with Crippen molar-refractivity contribution in [1.82, 2.24) is 15.1 Å². The van der Waals surface area contributed by atoms with E-state index in [1.807, 2.05) is 20.8 Å². The molecule has 1 atom stereocenters. The minimum absolute atomic E-state index is 0.118. The predicted octanol–water partition coefficient (Wildman–Crippen LogP) is 3.54. The average Bonchev–Trinajstić information content (AvgIpc) is 2.68. The Labute approximate surface area is 169 Å². The second-order valence-electron chi connectivity index (χ2n) is 8.79. The molecule has 0 spiro atoms. The van der Waals surface area contributed by atoms with Gasteiger partial charge in [0.15, 0.2) is 0 Å². The molecule has 3 rings (SSSR count). The summed E-state index contributed by atoms with van der Waals surface area (Å²) in [7, 11) is 0. The van der Waals surface area contributed by atoms with Crippen LogP contribution in [0.4, 0.5) is 0 Å². The van der Waals surface area contributed by atoms with Crippen molar-refractivity contribution in [2.24, 2.45) is 5.41 Å². The van der Waals surface area contributed by atoms with Gasteiger partial charge in [0.25, 0.3) is 0 Å². The topological polar surface area (TPSA) is 35.6 Å². The average molecular weight is 380 g/mol. The lowest BCUT2D eigenvalue weighted by Gasteiger charge is -2.42. The van der Waals surface area contributed by atoms with Gasteiger partial charge in [-0.2, -0.15) is 0 Å². The van der Waals surface area contributed by atoms with Crippen LogP contribution in [0.5, 0.6) is 0 Å². The summed E-state index contributed by atoms with van der Waals surface area (Å²) in [5.41, 5.74) is 2.31. The number of hydrogen-bond donors (Lipinski definition) is 1. The molecular weight excluding hydrogens is 346 g/mol. The zero-order chi connectivity index (χ0) is 20.0. The fourth-order valence-corrected chi connectivity index (χ4v) is 3.64. The largest absolute Gasteiger partial charge is 0.354 e. The summed E-state index contributed by atoms with van der Waals surface area (Å²) in [5, 5.41) is 3.19. The second-order valence-corrected chi connectivity index (χ2v) is 8.79. The molecule has 2 aromatic rings. The maximum atomic E-state index is 12.4. The van der Waals surface area contributed by atoms with E-state index in [1.54, 1.807) is 0 Å². The summed E-state index contributed by atoms with van der Waals surface area (Å²) >= 11 is 0. The highest BCUT2D eigenvalue weighted by Gasteiger charge is 2.29. The quantitative estimate of drug-likeness (QED) is 0.834. The molecule has 1 heterocycles. The Balaban J connectivity index is 1.66. The summed E-state index contributed by atoms with van der Waals surface area (Å²) < 4.78 is 0. The van der Waals surface area contributed by atoms with E-state index in [2.05, 4.69) is 75.8 Å². The molecule has 1 saturated heterocycles. The van der Waals surface area contributed by atoms with Crippen molar-refractivity contribution in [1.29, 1.82) is 0 Å². The molecule has 1 aliphatic rings. The Morgan fingerprint density at radius 3 is 2.07 bits per heavy atom. The van der Waals surface area contributed by atoms with Crippen molar-refractivity contribution in [3.8, 4) is 0 Å². The van der Waals surface area contributed by atoms with Crippen LogP contribution in [0.15, 0.2) is 60.7 Å². The third kappa shape index (κ3) is 5.91. The first-order chi connectivity index (χ1) is 13.4. The number of amides is 1. The molecule has 0 radical (unpaired) electrons. The van der Waals surface area contributed by atoms with Gasteiger partial charge < -0.3 is 5.32 Å². The van der Waals surface area contributed by atoms with E-state index in [-0.39, 0.29) is 11.3 Å². The first kappa shape index (κ1) is 20.6. The van der Waals surface area contributed by atoms with E-state index >= 15 is 0 Å². The van der Waals surface area contributed by atoms with Gasteiger partial charge in [0.2, 0.25) is 5.91 Å². The molecular formula is C24H33N3O. The molecule has 4 heteroatoms. The molecule has 1 N–H and O–H groups in total.